The minimum Gasteiger partial charge on any atom is -0.382 e. The first-order valence-corrected chi connectivity index (χ1v) is 17.9. The average Bonchev–Trinajstić information content (AvgIpc) is 3.69. The molecule has 0 saturated carbocycles. The highest BCUT2D eigenvalue weighted by atomic mass is 35.5. The van der Waals surface area contributed by atoms with E-state index in [1.807, 2.05) is 72.1 Å². The monoisotopic (exact) mass is 718 g/mol. The Bertz CT molecular complexity index is 2100. The zero-order chi connectivity index (χ0) is 35.7. The molecule has 11 heteroatoms. The van der Waals surface area contributed by atoms with Gasteiger partial charge in [0.25, 0.3) is 0 Å². The summed E-state index contributed by atoms with van der Waals surface area (Å²) < 4.78 is 0. The Kier molecular flexibility index (Phi) is 11.3. The third-order valence-electron chi connectivity index (χ3n) is 8.50. The van der Waals surface area contributed by atoms with Crippen molar-refractivity contribution in [1.29, 1.82) is 0 Å². The van der Waals surface area contributed by atoms with E-state index in [0.29, 0.717) is 53.3 Å². The van der Waals surface area contributed by atoms with Crippen LogP contribution in [0.3, 0.4) is 0 Å². The number of allylic oxidation sites excluding steroid dienone is 2. The predicted molar refractivity (Wildman–Crippen MR) is 201 cm³/mol. The molecule has 4 aromatic carbocycles. The fraction of sp³-hybridized carbons (Fsp3) is 0.175. The summed E-state index contributed by atoms with van der Waals surface area (Å²) in [7, 11) is 0. The molecule has 9 nitrogen and oxygen atoms in total. The van der Waals surface area contributed by atoms with Crippen molar-refractivity contribution in [3.63, 3.8) is 0 Å². The van der Waals surface area contributed by atoms with Gasteiger partial charge in [-0.2, -0.15) is 0 Å². The molecule has 1 atom stereocenters. The Labute approximate surface area is 304 Å². The minimum absolute atomic E-state index is 0.159. The van der Waals surface area contributed by atoms with E-state index in [9.17, 15) is 24.0 Å². The van der Waals surface area contributed by atoms with Crippen molar-refractivity contribution in [2.24, 2.45) is 0 Å². The van der Waals surface area contributed by atoms with Gasteiger partial charge in [-0.15, -0.1) is 22.9 Å². The number of hydrogen-bond acceptors (Lipinski definition) is 7. The summed E-state index contributed by atoms with van der Waals surface area (Å²) in [5.41, 5.74) is 3.00. The highest BCUT2D eigenvalue weighted by Crippen LogP contribution is 2.32. The topological polar surface area (TPSA) is 125 Å². The lowest BCUT2D eigenvalue weighted by molar-refractivity contribution is -0.125. The Morgan fingerprint density at radius 1 is 0.804 bits per heavy atom. The van der Waals surface area contributed by atoms with Crippen molar-refractivity contribution < 1.29 is 24.0 Å². The maximum atomic E-state index is 13.6. The molecule has 0 radical (unpaired) electrons. The van der Waals surface area contributed by atoms with Crippen LogP contribution in [0, 0.1) is 0 Å². The van der Waals surface area contributed by atoms with E-state index in [2.05, 4.69) is 16.0 Å². The number of carbonyl (C=O) groups is 5. The number of rotatable bonds is 14. The molecule has 258 valence electrons. The molecule has 0 saturated heterocycles. The minimum atomic E-state index is -0.936. The first kappa shape index (κ1) is 35.3. The Balaban J connectivity index is 1.05. The van der Waals surface area contributed by atoms with Gasteiger partial charge in [0, 0.05) is 53.0 Å². The van der Waals surface area contributed by atoms with E-state index < -0.39 is 11.9 Å². The number of nitrogens with one attached hydrogen (secondary N) is 3. The van der Waals surface area contributed by atoms with Crippen molar-refractivity contribution in [3.05, 3.63) is 142 Å². The molecular weight excluding hydrogens is 684 g/mol. The molecule has 3 amide bonds. The number of amides is 3. The number of halogens is 1. The molecule has 1 aliphatic rings. The van der Waals surface area contributed by atoms with Gasteiger partial charge in [-0.25, -0.2) is 0 Å². The van der Waals surface area contributed by atoms with Crippen LogP contribution >= 0.6 is 22.9 Å². The predicted octanol–water partition coefficient (Wildman–Crippen LogP) is 6.84. The average molecular weight is 719 g/mol. The molecule has 1 heterocycles. The van der Waals surface area contributed by atoms with E-state index in [1.165, 1.54) is 22.3 Å². The molecule has 3 N–H and O–H groups in total. The van der Waals surface area contributed by atoms with Crippen molar-refractivity contribution in [3.8, 4) is 0 Å². The number of nitrogens with zero attached hydrogens (tertiary/aromatic N) is 1. The van der Waals surface area contributed by atoms with Crippen LogP contribution in [-0.4, -0.2) is 48.3 Å². The van der Waals surface area contributed by atoms with Crippen molar-refractivity contribution in [2.45, 2.75) is 25.3 Å². The Hall–Kier alpha value is -5.58. The number of Topliss-reactive ketones (excluding diaryl/α,β-unsaturated/α-hetero) is 1. The van der Waals surface area contributed by atoms with Crippen LogP contribution in [0.4, 0.5) is 11.4 Å². The van der Waals surface area contributed by atoms with Crippen LogP contribution < -0.4 is 20.9 Å². The Morgan fingerprint density at radius 2 is 1.51 bits per heavy atom. The molecule has 1 aliphatic carbocycles. The number of anilines is 2. The molecule has 0 bridgehead atoms. The van der Waals surface area contributed by atoms with Crippen LogP contribution in [0.1, 0.15) is 50.0 Å². The summed E-state index contributed by atoms with van der Waals surface area (Å²) in [5, 5.41) is 12.5. The number of thiophene rings is 1. The summed E-state index contributed by atoms with van der Waals surface area (Å²) in [6.07, 6.45) is 2.52. The fourth-order valence-corrected chi connectivity index (χ4v) is 6.92. The van der Waals surface area contributed by atoms with Crippen LogP contribution in [0.2, 0.25) is 0 Å². The maximum Gasteiger partial charge on any atom is 0.248 e. The molecule has 6 rings (SSSR count). The third kappa shape index (κ3) is 8.42. The van der Waals surface area contributed by atoms with Crippen LogP contribution in [0.5, 0.6) is 0 Å². The quantitative estimate of drug-likeness (QED) is 0.0853. The number of fused-ring (bicyclic) bond motifs is 2. The first-order valence-electron chi connectivity index (χ1n) is 16.5. The summed E-state index contributed by atoms with van der Waals surface area (Å²) in [6.45, 7) is 0.707. The van der Waals surface area contributed by atoms with Crippen LogP contribution in [-0.2, 0) is 20.8 Å². The summed E-state index contributed by atoms with van der Waals surface area (Å²) in [6, 6.07) is 30.2. The number of hydrogen-bond donors (Lipinski definition) is 3. The summed E-state index contributed by atoms with van der Waals surface area (Å²) >= 11 is 7.41. The van der Waals surface area contributed by atoms with Crippen molar-refractivity contribution >= 4 is 74.4 Å². The highest BCUT2D eigenvalue weighted by Gasteiger charge is 2.33. The molecular formula is C40H35ClN4O5S. The molecule has 1 aromatic heterocycles. The van der Waals surface area contributed by atoms with Gasteiger partial charge in [0.1, 0.15) is 11.9 Å². The van der Waals surface area contributed by atoms with Gasteiger partial charge in [0.2, 0.25) is 23.5 Å². The van der Waals surface area contributed by atoms with E-state index in [-0.39, 0.29) is 41.4 Å². The van der Waals surface area contributed by atoms with Gasteiger partial charge in [-0.3, -0.25) is 28.9 Å². The lowest BCUT2D eigenvalue weighted by Crippen LogP contribution is -2.44. The zero-order valence-corrected chi connectivity index (χ0v) is 29.1. The van der Waals surface area contributed by atoms with E-state index in [1.54, 1.807) is 36.4 Å². The fourth-order valence-electron chi connectivity index (χ4n) is 5.98. The largest absolute Gasteiger partial charge is 0.382 e. The molecule has 0 aliphatic heterocycles. The summed E-state index contributed by atoms with van der Waals surface area (Å²) in [4.78, 5) is 67.6. The van der Waals surface area contributed by atoms with E-state index in [4.69, 9.17) is 11.6 Å². The first-order chi connectivity index (χ1) is 24.8. The normalized spacial score (nSPS) is 12.8. The van der Waals surface area contributed by atoms with Gasteiger partial charge < -0.3 is 16.0 Å². The number of ketones is 2. The number of carbonyl (C=O) groups excluding carboxylic acids is 5. The molecule has 0 fully saturated rings. The van der Waals surface area contributed by atoms with Gasteiger partial charge in [0.15, 0.2) is 5.78 Å². The third-order valence-corrected chi connectivity index (χ3v) is 9.65. The number of benzene rings is 4. The van der Waals surface area contributed by atoms with Crippen molar-refractivity contribution in [2.75, 3.05) is 29.2 Å². The SMILES string of the molecule is O=C(CCCNC1=CC(=O)c2cc3ccccc3cc2C1=O)Nc1ccc(N(C(=O)CCl)C(C(=O)NCCc2ccccc2)c2cccs2)cc1. The van der Waals surface area contributed by atoms with E-state index in [0.717, 1.165) is 16.3 Å². The van der Waals surface area contributed by atoms with Crippen LogP contribution in [0.25, 0.3) is 10.8 Å². The molecule has 5 aromatic rings. The van der Waals surface area contributed by atoms with Gasteiger partial charge in [0.05, 0.1) is 5.70 Å². The molecule has 51 heavy (non-hydrogen) atoms. The second-order valence-corrected chi connectivity index (χ2v) is 13.2. The molecule has 0 spiro atoms. The standard InChI is InChI=1S/C40H35ClN4O5S/c41-25-37(48)45(38(35-12-7-21-51-35)40(50)43-20-18-26-8-2-1-3-9-26)30-16-14-29(15-17-30)44-36(47)13-6-19-42-33-24-34(46)31-22-27-10-4-5-11-28(27)23-32(31)39(33)49/h1-5,7-12,14-17,21-24,38,42H,6,13,18-20,25H2,(H,43,50)(H,44,47). The lowest BCUT2D eigenvalue weighted by atomic mass is 9.90. The second-order valence-electron chi connectivity index (χ2n) is 12.0. The highest BCUT2D eigenvalue weighted by molar-refractivity contribution is 7.10. The summed E-state index contributed by atoms with van der Waals surface area (Å²) in [5.74, 6) is -1.84. The molecule has 1 unspecified atom stereocenters. The van der Waals surface area contributed by atoms with E-state index >= 15 is 0 Å². The second kappa shape index (κ2) is 16.4. The number of alkyl halides is 1. The zero-order valence-electron chi connectivity index (χ0n) is 27.6. The Morgan fingerprint density at radius 3 is 2.20 bits per heavy atom. The lowest BCUT2D eigenvalue weighted by Gasteiger charge is -2.30. The smallest absolute Gasteiger partial charge is 0.248 e. The van der Waals surface area contributed by atoms with Crippen molar-refractivity contribution in [1.82, 2.24) is 10.6 Å². The van der Waals surface area contributed by atoms with Gasteiger partial charge >= 0.3 is 0 Å². The maximum absolute atomic E-state index is 13.6. The van der Waals surface area contributed by atoms with Gasteiger partial charge in [-0.1, -0.05) is 60.7 Å². The van der Waals surface area contributed by atoms with Gasteiger partial charge in [-0.05, 0) is 77.0 Å². The van der Waals surface area contributed by atoms with Crippen LogP contribution in [0.15, 0.2) is 120 Å².